The van der Waals surface area contributed by atoms with Gasteiger partial charge in [-0.2, -0.15) is 8.78 Å². The molecule has 0 aromatic heterocycles. The van der Waals surface area contributed by atoms with Crippen molar-refractivity contribution in [1.82, 2.24) is 5.32 Å². The van der Waals surface area contributed by atoms with E-state index in [1.807, 2.05) is 0 Å². The van der Waals surface area contributed by atoms with Crippen molar-refractivity contribution in [1.29, 1.82) is 0 Å². The van der Waals surface area contributed by atoms with Crippen molar-refractivity contribution in [2.75, 3.05) is 6.61 Å². The highest BCUT2D eigenvalue weighted by Crippen LogP contribution is 2.54. The Hall–Kier alpha value is -1.85. The first kappa shape index (κ1) is 27.7. The monoisotopic (exact) mass is 557 g/mol. The van der Waals surface area contributed by atoms with Crippen LogP contribution in [-0.2, 0) is 19.1 Å². The Kier molecular flexibility index (Phi) is 7.49. The number of carbonyl (C=O) groups is 2. The summed E-state index contributed by atoms with van der Waals surface area (Å²) < 4.78 is 41.8. The summed E-state index contributed by atoms with van der Waals surface area (Å²) >= 11 is 6.01. The Balaban J connectivity index is 1.10. The molecule has 0 radical (unpaired) electrons. The van der Waals surface area contributed by atoms with Gasteiger partial charge in [0.05, 0.1) is 30.0 Å². The van der Waals surface area contributed by atoms with Gasteiger partial charge < -0.3 is 29.7 Å². The first-order valence-corrected chi connectivity index (χ1v) is 13.6. The van der Waals surface area contributed by atoms with E-state index in [0.717, 1.165) is 0 Å². The molecule has 5 aliphatic rings. The van der Waals surface area contributed by atoms with Crippen molar-refractivity contribution in [2.24, 2.45) is 5.41 Å². The van der Waals surface area contributed by atoms with E-state index in [9.17, 15) is 28.6 Å². The number of aliphatic hydroxyl groups is 2. The molecule has 1 amide bonds. The quantitative estimate of drug-likeness (QED) is 0.423. The number of ether oxygens (including phenoxy) is 3. The third-order valence-corrected chi connectivity index (χ3v) is 8.91. The average Bonchev–Trinajstić information content (AvgIpc) is 2.81. The molecule has 4 saturated carbocycles. The van der Waals surface area contributed by atoms with Crippen molar-refractivity contribution in [3.05, 3.63) is 28.8 Å². The van der Waals surface area contributed by atoms with Gasteiger partial charge in [0.2, 0.25) is 5.91 Å². The molecular weight excluding hydrogens is 524 g/mol. The highest BCUT2D eigenvalue weighted by Gasteiger charge is 2.55. The minimum absolute atomic E-state index is 0.104. The summed E-state index contributed by atoms with van der Waals surface area (Å²) in [5.74, 6) is -0.0103. The Morgan fingerprint density at radius 1 is 1.16 bits per heavy atom. The molecule has 0 saturated heterocycles. The SMILES string of the molecule is CC(F)(F)OC1CC(OCC(=O)NC23CCC(CC(=O)[C@@H]4C[C@@H](O)c5cc(Cl)ccc5O4)(CC2)C[C@@H]3O)C1. The van der Waals surface area contributed by atoms with Gasteiger partial charge in [0.25, 0.3) is 0 Å². The molecule has 1 heterocycles. The van der Waals surface area contributed by atoms with Gasteiger partial charge in [-0.25, -0.2) is 0 Å². The van der Waals surface area contributed by atoms with Crippen LogP contribution in [-0.4, -0.2) is 64.6 Å². The Morgan fingerprint density at radius 2 is 1.87 bits per heavy atom. The van der Waals surface area contributed by atoms with E-state index < -0.39 is 36.1 Å². The van der Waals surface area contributed by atoms with Crippen molar-refractivity contribution >= 4 is 23.3 Å². The van der Waals surface area contributed by atoms with Crippen molar-refractivity contribution in [3.63, 3.8) is 0 Å². The lowest BCUT2D eigenvalue weighted by Gasteiger charge is -2.56. The number of aliphatic hydroxyl groups excluding tert-OH is 2. The number of carbonyl (C=O) groups excluding carboxylic acids is 2. The zero-order valence-corrected chi connectivity index (χ0v) is 22.0. The fraction of sp³-hybridized carbons (Fsp3) is 0.704. The molecule has 0 unspecified atom stereocenters. The molecular formula is C27H34ClF2NO7. The third-order valence-electron chi connectivity index (χ3n) is 8.68. The Labute approximate surface area is 225 Å². The normalized spacial score (nSPS) is 36.1. The molecule has 2 bridgehead atoms. The summed E-state index contributed by atoms with van der Waals surface area (Å²) in [6.45, 7) is 0.480. The fourth-order valence-corrected chi connectivity index (χ4v) is 6.66. The van der Waals surface area contributed by atoms with Crippen LogP contribution >= 0.6 is 11.6 Å². The number of rotatable bonds is 9. The van der Waals surface area contributed by atoms with Gasteiger partial charge in [-0.3, -0.25) is 9.59 Å². The molecule has 38 heavy (non-hydrogen) atoms. The van der Waals surface area contributed by atoms with Crippen molar-refractivity contribution in [2.45, 2.75) is 107 Å². The van der Waals surface area contributed by atoms with Crippen LogP contribution in [0.5, 0.6) is 5.75 Å². The second kappa shape index (κ2) is 10.3. The number of hydrogen-bond acceptors (Lipinski definition) is 7. The molecule has 0 spiro atoms. The largest absolute Gasteiger partial charge is 0.482 e. The van der Waals surface area contributed by atoms with Gasteiger partial charge in [-0.15, -0.1) is 0 Å². The van der Waals surface area contributed by atoms with Crippen LogP contribution in [0.15, 0.2) is 18.2 Å². The predicted molar refractivity (Wildman–Crippen MR) is 132 cm³/mol. The van der Waals surface area contributed by atoms with Crippen molar-refractivity contribution < 1.29 is 42.8 Å². The van der Waals surface area contributed by atoms with E-state index in [-0.39, 0.29) is 42.7 Å². The fourth-order valence-electron chi connectivity index (χ4n) is 6.47. The molecule has 11 heteroatoms. The maximum atomic E-state index is 13.2. The maximum absolute atomic E-state index is 13.2. The second-order valence-corrected chi connectivity index (χ2v) is 12.0. The van der Waals surface area contributed by atoms with Gasteiger partial charge in [-0.1, -0.05) is 11.6 Å². The van der Waals surface area contributed by atoms with Gasteiger partial charge >= 0.3 is 6.11 Å². The number of fused-ring (bicyclic) bond motifs is 4. The van der Waals surface area contributed by atoms with Gasteiger partial charge in [-0.05, 0) is 55.7 Å². The number of Topliss-reactive ketones (excluding diaryl/α,β-unsaturated/α-hetero) is 1. The lowest BCUT2D eigenvalue weighted by atomic mass is 9.54. The van der Waals surface area contributed by atoms with Crippen LogP contribution in [0.2, 0.25) is 5.02 Å². The summed E-state index contributed by atoms with van der Waals surface area (Å²) in [6, 6.07) is 4.95. The van der Waals surface area contributed by atoms with E-state index in [0.29, 0.717) is 68.2 Å². The minimum Gasteiger partial charge on any atom is -0.482 e. The number of halogens is 3. The number of benzene rings is 1. The van der Waals surface area contributed by atoms with E-state index in [2.05, 4.69) is 10.1 Å². The second-order valence-electron chi connectivity index (χ2n) is 11.6. The summed E-state index contributed by atoms with van der Waals surface area (Å²) in [5.41, 5.74) is -0.574. The molecule has 4 fully saturated rings. The molecule has 3 N–H and O–H groups in total. The summed E-state index contributed by atoms with van der Waals surface area (Å²) in [5, 5.41) is 25.0. The highest BCUT2D eigenvalue weighted by atomic mass is 35.5. The molecule has 1 aliphatic heterocycles. The topological polar surface area (TPSA) is 114 Å². The van der Waals surface area contributed by atoms with Crippen LogP contribution in [0.1, 0.15) is 76.4 Å². The average molecular weight is 558 g/mol. The van der Waals surface area contributed by atoms with E-state index in [4.69, 9.17) is 21.1 Å². The molecule has 1 aromatic carbocycles. The Morgan fingerprint density at radius 3 is 2.53 bits per heavy atom. The van der Waals surface area contributed by atoms with E-state index in [1.165, 1.54) is 0 Å². The lowest BCUT2D eigenvalue weighted by Crippen LogP contribution is -2.65. The standard InChI is InChI=1S/C27H34ClF2NO7/c1-25(29,30)38-17-9-16(10-17)36-14-24(35)31-27-6-4-26(5-7-27,13-23(27)34)12-20(33)22-11-19(32)18-8-15(28)2-3-21(18)37-22/h2-3,8,16-17,19,22-23,32,34H,4-7,9-14H2,1H3,(H,31,35)/t16?,17?,19-,22+,23+,26?,27?/m1/s1. The minimum atomic E-state index is -3.19. The number of alkyl halides is 2. The first-order chi connectivity index (χ1) is 17.9. The molecule has 1 aromatic rings. The molecule has 210 valence electrons. The van der Waals surface area contributed by atoms with Gasteiger partial charge in [0, 0.05) is 43.2 Å². The Bertz CT molecular complexity index is 1070. The molecule has 3 atom stereocenters. The molecule has 4 aliphatic carbocycles. The summed E-state index contributed by atoms with van der Waals surface area (Å²) in [7, 11) is 0. The number of ketones is 1. The zero-order valence-electron chi connectivity index (χ0n) is 21.3. The summed E-state index contributed by atoms with van der Waals surface area (Å²) in [4.78, 5) is 25.8. The highest BCUT2D eigenvalue weighted by molar-refractivity contribution is 6.30. The summed E-state index contributed by atoms with van der Waals surface area (Å²) in [6.07, 6.45) is -2.69. The van der Waals surface area contributed by atoms with Crippen LogP contribution in [0, 0.1) is 5.41 Å². The van der Waals surface area contributed by atoms with Crippen molar-refractivity contribution in [3.8, 4) is 5.75 Å². The molecule has 6 rings (SSSR count). The maximum Gasteiger partial charge on any atom is 0.353 e. The van der Waals surface area contributed by atoms with E-state index in [1.54, 1.807) is 18.2 Å². The number of amides is 1. The van der Waals surface area contributed by atoms with Crippen LogP contribution in [0.25, 0.3) is 0 Å². The van der Waals surface area contributed by atoms with E-state index >= 15 is 0 Å². The first-order valence-electron chi connectivity index (χ1n) is 13.2. The predicted octanol–water partition coefficient (Wildman–Crippen LogP) is 3.84. The van der Waals surface area contributed by atoms with Crippen LogP contribution in [0.4, 0.5) is 8.78 Å². The van der Waals surface area contributed by atoms with Gasteiger partial charge in [0.1, 0.15) is 12.4 Å². The van der Waals surface area contributed by atoms with Gasteiger partial charge in [0.15, 0.2) is 11.9 Å². The zero-order chi connectivity index (χ0) is 27.3. The number of hydrogen-bond donors (Lipinski definition) is 3. The smallest absolute Gasteiger partial charge is 0.353 e. The molecule has 8 nitrogen and oxygen atoms in total. The van der Waals surface area contributed by atoms with Crippen LogP contribution in [0.3, 0.4) is 0 Å². The lowest BCUT2D eigenvalue weighted by molar-refractivity contribution is -0.275. The van der Waals surface area contributed by atoms with Crippen LogP contribution < -0.4 is 10.1 Å². The third kappa shape index (κ3) is 5.84. The number of nitrogens with one attached hydrogen (secondary N) is 1.